The van der Waals surface area contributed by atoms with E-state index in [0.29, 0.717) is 12.3 Å². The van der Waals surface area contributed by atoms with Crippen molar-refractivity contribution in [3.8, 4) is 11.3 Å². The highest BCUT2D eigenvalue weighted by Crippen LogP contribution is 2.24. The van der Waals surface area contributed by atoms with Crippen LogP contribution in [0.4, 0.5) is 0 Å². The molecule has 0 aliphatic heterocycles. The number of amides is 1. The van der Waals surface area contributed by atoms with Gasteiger partial charge < -0.3 is 9.73 Å². The third-order valence-electron chi connectivity index (χ3n) is 3.46. The lowest BCUT2D eigenvalue weighted by Gasteiger charge is -2.01. The van der Waals surface area contributed by atoms with E-state index in [-0.39, 0.29) is 5.91 Å². The van der Waals surface area contributed by atoms with Crippen LogP contribution in [0.15, 0.2) is 81.7 Å². The van der Waals surface area contributed by atoms with Gasteiger partial charge in [0, 0.05) is 22.7 Å². The molecule has 0 saturated carbocycles. The lowest BCUT2D eigenvalue weighted by Crippen LogP contribution is -2.20. The van der Waals surface area contributed by atoms with E-state index in [9.17, 15) is 4.79 Å². The van der Waals surface area contributed by atoms with Crippen LogP contribution in [0.1, 0.15) is 11.3 Å². The zero-order valence-corrected chi connectivity index (χ0v) is 14.5. The monoisotopic (exact) mass is 381 g/mol. The largest absolute Gasteiger partial charge is 0.457 e. The van der Waals surface area contributed by atoms with Gasteiger partial charge in [-0.2, -0.15) is 0 Å². The van der Waals surface area contributed by atoms with E-state index < -0.39 is 0 Å². The first-order chi connectivity index (χ1) is 11.7. The number of benzene rings is 2. The molecule has 0 bridgehead atoms. The van der Waals surface area contributed by atoms with Gasteiger partial charge in [-0.1, -0.05) is 58.4 Å². The SMILES string of the molecule is O=C(C=Cc1ccc(-c2ccc(Br)cc2)o1)NCc1ccccc1. The topological polar surface area (TPSA) is 42.2 Å². The van der Waals surface area contributed by atoms with Crippen molar-refractivity contribution in [2.75, 3.05) is 0 Å². The Morgan fingerprint density at radius 3 is 2.50 bits per heavy atom. The fourth-order valence-electron chi connectivity index (χ4n) is 2.21. The molecule has 1 N–H and O–H groups in total. The van der Waals surface area contributed by atoms with Crippen LogP contribution in [0.2, 0.25) is 0 Å². The highest BCUT2D eigenvalue weighted by Gasteiger charge is 2.03. The molecular formula is C20H16BrNO2. The number of rotatable bonds is 5. The molecule has 0 fully saturated rings. The Morgan fingerprint density at radius 1 is 1.00 bits per heavy atom. The van der Waals surface area contributed by atoms with E-state index in [1.807, 2.05) is 66.7 Å². The number of halogens is 1. The maximum atomic E-state index is 11.9. The third-order valence-corrected chi connectivity index (χ3v) is 3.99. The average Bonchev–Trinajstić information content (AvgIpc) is 3.09. The molecule has 3 rings (SSSR count). The maximum Gasteiger partial charge on any atom is 0.244 e. The smallest absolute Gasteiger partial charge is 0.244 e. The number of hydrogen-bond donors (Lipinski definition) is 1. The van der Waals surface area contributed by atoms with Gasteiger partial charge in [0.15, 0.2) is 0 Å². The lowest BCUT2D eigenvalue weighted by atomic mass is 10.2. The molecule has 24 heavy (non-hydrogen) atoms. The zero-order chi connectivity index (χ0) is 16.8. The average molecular weight is 382 g/mol. The van der Waals surface area contributed by atoms with Gasteiger partial charge >= 0.3 is 0 Å². The van der Waals surface area contributed by atoms with Crippen molar-refractivity contribution < 1.29 is 9.21 Å². The molecule has 0 spiro atoms. The molecule has 0 unspecified atom stereocenters. The van der Waals surface area contributed by atoms with Crippen molar-refractivity contribution in [2.24, 2.45) is 0 Å². The Kier molecular flexibility index (Phi) is 5.29. The summed E-state index contributed by atoms with van der Waals surface area (Å²) in [6.45, 7) is 0.506. The maximum absolute atomic E-state index is 11.9. The van der Waals surface area contributed by atoms with Gasteiger partial charge in [-0.3, -0.25) is 4.79 Å². The van der Waals surface area contributed by atoms with Crippen LogP contribution >= 0.6 is 15.9 Å². The third kappa shape index (κ3) is 4.46. The minimum Gasteiger partial charge on any atom is -0.457 e. The Morgan fingerprint density at radius 2 is 1.75 bits per heavy atom. The first-order valence-electron chi connectivity index (χ1n) is 7.56. The Hall–Kier alpha value is -2.59. The summed E-state index contributed by atoms with van der Waals surface area (Å²) in [4.78, 5) is 11.9. The van der Waals surface area contributed by atoms with Gasteiger partial charge in [-0.25, -0.2) is 0 Å². The zero-order valence-electron chi connectivity index (χ0n) is 12.9. The summed E-state index contributed by atoms with van der Waals surface area (Å²) in [5, 5.41) is 2.84. The summed E-state index contributed by atoms with van der Waals surface area (Å²) in [6, 6.07) is 21.4. The summed E-state index contributed by atoms with van der Waals surface area (Å²) in [5.41, 5.74) is 2.06. The molecule has 4 heteroatoms. The molecule has 1 heterocycles. The number of hydrogen-bond acceptors (Lipinski definition) is 2. The lowest BCUT2D eigenvalue weighted by molar-refractivity contribution is -0.116. The molecule has 3 aromatic rings. The predicted molar refractivity (Wildman–Crippen MR) is 99.2 cm³/mol. The standard InChI is InChI=1S/C20H16BrNO2/c21-17-8-6-16(7-9-17)19-12-10-18(24-19)11-13-20(23)22-14-15-4-2-1-3-5-15/h1-13H,14H2,(H,22,23). The fraction of sp³-hybridized carbons (Fsp3) is 0.0500. The molecule has 0 aliphatic carbocycles. The normalized spacial score (nSPS) is 10.9. The van der Waals surface area contributed by atoms with E-state index >= 15 is 0 Å². The predicted octanol–water partition coefficient (Wildman–Crippen LogP) is 5.04. The molecular weight excluding hydrogens is 366 g/mol. The molecule has 0 aliphatic rings. The van der Waals surface area contributed by atoms with Crippen LogP contribution in [-0.2, 0) is 11.3 Å². The van der Waals surface area contributed by atoms with Gasteiger partial charge in [-0.15, -0.1) is 0 Å². The highest BCUT2D eigenvalue weighted by atomic mass is 79.9. The number of furan rings is 1. The summed E-state index contributed by atoms with van der Waals surface area (Å²) < 4.78 is 6.76. The fourth-order valence-corrected chi connectivity index (χ4v) is 2.48. The highest BCUT2D eigenvalue weighted by molar-refractivity contribution is 9.10. The van der Waals surface area contributed by atoms with Crippen LogP contribution in [-0.4, -0.2) is 5.91 Å². The molecule has 0 radical (unpaired) electrons. The van der Waals surface area contributed by atoms with Crippen molar-refractivity contribution in [3.63, 3.8) is 0 Å². The van der Waals surface area contributed by atoms with Crippen molar-refractivity contribution >= 4 is 27.9 Å². The summed E-state index contributed by atoms with van der Waals surface area (Å²) in [7, 11) is 0. The van der Waals surface area contributed by atoms with Gasteiger partial charge in [0.1, 0.15) is 11.5 Å². The van der Waals surface area contributed by atoms with E-state index in [4.69, 9.17) is 4.42 Å². The molecule has 3 nitrogen and oxygen atoms in total. The Labute approximate surface area is 149 Å². The second-order valence-electron chi connectivity index (χ2n) is 5.25. The number of carbonyl (C=O) groups excluding carboxylic acids is 1. The summed E-state index contributed by atoms with van der Waals surface area (Å²) >= 11 is 3.41. The van der Waals surface area contributed by atoms with Crippen molar-refractivity contribution in [1.82, 2.24) is 5.32 Å². The van der Waals surface area contributed by atoms with Crippen LogP contribution in [0.25, 0.3) is 17.4 Å². The second kappa shape index (κ2) is 7.79. The summed E-state index contributed by atoms with van der Waals surface area (Å²) in [5.74, 6) is 1.26. The van der Waals surface area contributed by atoms with Crippen LogP contribution in [0.3, 0.4) is 0 Å². The molecule has 0 atom stereocenters. The van der Waals surface area contributed by atoms with E-state index in [1.54, 1.807) is 6.08 Å². The van der Waals surface area contributed by atoms with Crippen molar-refractivity contribution in [1.29, 1.82) is 0 Å². The molecule has 1 amide bonds. The van der Waals surface area contributed by atoms with Crippen LogP contribution in [0.5, 0.6) is 0 Å². The van der Waals surface area contributed by atoms with E-state index in [0.717, 1.165) is 21.4 Å². The molecule has 2 aromatic carbocycles. The Balaban J connectivity index is 1.58. The minimum absolute atomic E-state index is 0.152. The van der Waals surface area contributed by atoms with E-state index in [2.05, 4.69) is 21.2 Å². The number of carbonyl (C=O) groups is 1. The molecule has 120 valence electrons. The minimum atomic E-state index is -0.152. The first kappa shape index (κ1) is 16.3. The Bertz CT molecular complexity index is 836. The second-order valence-corrected chi connectivity index (χ2v) is 6.16. The molecule has 0 saturated heterocycles. The summed E-state index contributed by atoms with van der Waals surface area (Å²) in [6.07, 6.45) is 3.15. The first-order valence-corrected chi connectivity index (χ1v) is 8.35. The van der Waals surface area contributed by atoms with Crippen LogP contribution in [0, 0.1) is 0 Å². The van der Waals surface area contributed by atoms with Gasteiger partial charge in [0.25, 0.3) is 0 Å². The quantitative estimate of drug-likeness (QED) is 0.629. The van der Waals surface area contributed by atoms with Gasteiger partial charge in [0.2, 0.25) is 5.91 Å². The van der Waals surface area contributed by atoms with E-state index in [1.165, 1.54) is 6.08 Å². The van der Waals surface area contributed by atoms with Crippen molar-refractivity contribution in [2.45, 2.75) is 6.54 Å². The van der Waals surface area contributed by atoms with Crippen molar-refractivity contribution in [3.05, 3.63) is 88.6 Å². The van der Waals surface area contributed by atoms with Crippen LogP contribution < -0.4 is 5.32 Å². The number of nitrogens with one attached hydrogen (secondary N) is 1. The van der Waals surface area contributed by atoms with Gasteiger partial charge in [0.05, 0.1) is 0 Å². The molecule has 1 aromatic heterocycles. The van der Waals surface area contributed by atoms with Gasteiger partial charge in [-0.05, 0) is 35.9 Å².